The molecule has 0 aromatic rings. The van der Waals surface area contributed by atoms with Crippen molar-refractivity contribution in [3.8, 4) is 0 Å². The number of ether oxygens (including phenoxy) is 2. The number of esters is 2. The zero-order chi connectivity index (χ0) is 41.4. The zero-order valence-corrected chi connectivity index (χ0v) is 35.1. The highest BCUT2D eigenvalue weighted by atomic mass is 31.2. The van der Waals surface area contributed by atoms with Crippen molar-refractivity contribution in [1.29, 1.82) is 0 Å². The number of rotatable bonds is 37. The summed E-state index contributed by atoms with van der Waals surface area (Å²) in [7, 11) is -4.67. The first-order valence-electron chi connectivity index (χ1n) is 20.7. The van der Waals surface area contributed by atoms with Crippen LogP contribution in [0.2, 0.25) is 0 Å². The molecule has 0 spiro atoms. The summed E-state index contributed by atoms with van der Waals surface area (Å²) in [6.07, 6.45) is 41.5. The van der Waals surface area contributed by atoms with Crippen LogP contribution in [0.5, 0.6) is 0 Å². The van der Waals surface area contributed by atoms with Gasteiger partial charge in [0, 0.05) is 12.8 Å². The van der Waals surface area contributed by atoms with Gasteiger partial charge in [0.25, 0.3) is 0 Å². The Labute approximate surface area is 337 Å². The van der Waals surface area contributed by atoms with E-state index in [2.05, 4.69) is 79.1 Å². The van der Waals surface area contributed by atoms with Gasteiger partial charge in [-0.15, -0.1) is 0 Å². The lowest BCUT2D eigenvalue weighted by atomic mass is 10.1. The van der Waals surface area contributed by atoms with Crippen molar-refractivity contribution < 1.29 is 52.9 Å². The predicted octanol–water partition coefficient (Wildman–Crippen LogP) is 9.63. The van der Waals surface area contributed by atoms with Gasteiger partial charge in [-0.05, 0) is 77.0 Å². The van der Waals surface area contributed by atoms with Crippen molar-refractivity contribution >= 4 is 19.8 Å². The summed E-state index contributed by atoms with van der Waals surface area (Å²) in [4.78, 5) is 34.9. The van der Waals surface area contributed by atoms with Crippen LogP contribution in [0.15, 0.2) is 85.1 Å². The van der Waals surface area contributed by atoms with Crippen molar-refractivity contribution in [2.75, 3.05) is 26.4 Å². The Morgan fingerprint density at radius 3 is 1.82 bits per heavy atom. The summed E-state index contributed by atoms with van der Waals surface area (Å²) >= 11 is 0. The third-order valence-electron chi connectivity index (χ3n) is 8.14. The van der Waals surface area contributed by atoms with Crippen LogP contribution in [0.3, 0.4) is 0 Å². The topological polar surface area (TPSA) is 169 Å². The summed E-state index contributed by atoms with van der Waals surface area (Å²) in [6, 6.07) is 0. The van der Waals surface area contributed by atoms with Gasteiger partial charge in [-0.1, -0.05) is 131 Å². The molecule has 1 unspecified atom stereocenters. The van der Waals surface area contributed by atoms with Gasteiger partial charge in [0.15, 0.2) is 6.10 Å². The van der Waals surface area contributed by atoms with Crippen LogP contribution in [0, 0.1) is 0 Å². The van der Waals surface area contributed by atoms with E-state index in [0.717, 1.165) is 70.6 Å². The molecule has 0 aliphatic carbocycles. The molecule has 0 bridgehead atoms. The number of carbonyl (C=O) groups is 2. The molecular formula is C44H73O11P. The van der Waals surface area contributed by atoms with Crippen LogP contribution in [0.1, 0.15) is 136 Å². The largest absolute Gasteiger partial charge is 0.472 e. The average Bonchev–Trinajstić information content (AvgIpc) is 3.18. The molecule has 0 radical (unpaired) electrons. The number of allylic oxidation sites excluding steroid dienone is 13. The minimum atomic E-state index is -4.67. The molecule has 0 heterocycles. The van der Waals surface area contributed by atoms with E-state index in [1.165, 1.54) is 19.3 Å². The van der Waals surface area contributed by atoms with E-state index >= 15 is 0 Å². The molecule has 0 aliphatic rings. The lowest BCUT2D eigenvalue weighted by Gasteiger charge is -2.20. The number of phosphoric ester groups is 1. The second-order valence-electron chi connectivity index (χ2n) is 13.5. The highest BCUT2D eigenvalue weighted by Crippen LogP contribution is 2.43. The first-order valence-corrected chi connectivity index (χ1v) is 22.1. The van der Waals surface area contributed by atoms with Crippen molar-refractivity contribution in [2.24, 2.45) is 0 Å². The molecule has 320 valence electrons. The number of hydrogen-bond donors (Lipinski definition) is 4. The number of carbonyl (C=O) groups excluding carboxylic acids is 2. The third kappa shape index (κ3) is 38.0. The molecule has 11 nitrogen and oxygen atoms in total. The molecular weight excluding hydrogens is 735 g/mol. The second kappa shape index (κ2) is 39.0. The van der Waals surface area contributed by atoms with E-state index in [4.69, 9.17) is 19.1 Å². The molecule has 4 N–H and O–H groups in total. The summed E-state index contributed by atoms with van der Waals surface area (Å²) in [5, 5.41) is 28.5. The zero-order valence-electron chi connectivity index (χ0n) is 34.2. The van der Waals surface area contributed by atoms with Gasteiger partial charge in [-0.2, -0.15) is 0 Å². The van der Waals surface area contributed by atoms with E-state index in [0.29, 0.717) is 19.3 Å². The van der Waals surface area contributed by atoms with Gasteiger partial charge < -0.3 is 29.7 Å². The number of hydrogen-bond acceptors (Lipinski definition) is 10. The van der Waals surface area contributed by atoms with E-state index in [9.17, 15) is 29.3 Å². The molecule has 0 saturated heterocycles. The lowest BCUT2D eigenvalue weighted by molar-refractivity contribution is -0.161. The monoisotopic (exact) mass is 808 g/mol. The smallest absolute Gasteiger partial charge is 0.462 e. The van der Waals surface area contributed by atoms with Gasteiger partial charge in [-0.25, -0.2) is 4.57 Å². The SMILES string of the molecule is CC/C=C\C/C=C\C/C=C\CCCCCCCC(=O)O[C@H](COC(=O)CCC[C@H](O)/C=C/C=C\C/C=C\C/C=C\CCCCC)COP(=O)(O)OC[C@@H](O)CO. The Hall–Kier alpha value is -2.89. The molecule has 4 atom stereocenters. The fourth-order valence-corrected chi connectivity index (χ4v) is 5.72. The van der Waals surface area contributed by atoms with E-state index in [1.807, 2.05) is 12.2 Å². The van der Waals surface area contributed by atoms with Gasteiger partial charge >= 0.3 is 19.8 Å². The second-order valence-corrected chi connectivity index (χ2v) is 14.9. The van der Waals surface area contributed by atoms with Gasteiger partial charge in [0.05, 0.1) is 25.9 Å². The van der Waals surface area contributed by atoms with Crippen molar-refractivity contribution in [2.45, 2.75) is 154 Å². The van der Waals surface area contributed by atoms with Crippen LogP contribution in [0.4, 0.5) is 0 Å². The standard InChI is InChI=1S/C44H73O11P/c1-3-5-7-9-11-13-15-17-18-20-22-24-26-28-30-34-44(49)55-42(39-54-56(50,51)53-37-41(47)36-45)38-52-43(48)35-31-33-40(46)32-29-27-25-23-21-19-16-14-12-10-8-6-4-2/h5,7,11-14,17-19,21,25,27,29,32,40-42,45-47H,3-4,6,8-10,15-16,20,22-24,26,28,30-31,33-39H2,1-2H3,(H,50,51)/b7-5-,13-11-,14-12-,18-17-,21-19-,27-25-,32-29+/t40-,41+,42-/m1/s1. The van der Waals surface area contributed by atoms with Crippen molar-refractivity contribution in [1.82, 2.24) is 0 Å². The highest BCUT2D eigenvalue weighted by Gasteiger charge is 2.27. The number of unbranched alkanes of at least 4 members (excludes halogenated alkanes) is 8. The molecule has 0 aromatic heterocycles. The van der Waals surface area contributed by atoms with Crippen LogP contribution >= 0.6 is 7.82 Å². The molecule has 0 aromatic carbocycles. The van der Waals surface area contributed by atoms with Gasteiger partial charge in [0.1, 0.15) is 12.7 Å². The fraction of sp³-hybridized carbons (Fsp3) is 0.636. The molecule has 12 heteroatoms. The third-order valence-corrected chi connectivity index (χ3v) is 9.09. The minimum absolute atomic E-state index is 0.00450. The summed E-state index contributed by atoms with van der Waals surface area (Å²) in [6.45, 7) is 1.97. The first-order chi connectivity index (χ1) is 27.1. The Morgan fingerprint density at radius 1 is 0.625 bits per heavy atom. The van der Waals surface area contributed by atoms with Gasteiger partial charge in [-0.3, -0.25) is 18.6 Å². The lowest BCUT2D eigenvalue weighted by Crippen LogP contribution is -2.30. The molecule has 0 saturated carbocycles. The molecule has 0 rings (SSSR count). The van der Waals surface area contributed by atoms with Crippen LogP contribution in [-0.4, -0.2) is 76.9 Å². The Kier molecular flexibility index (Phi) is 36.9. The van der Waals surface area contributed by atoms with E-state index < -0.39 is 64.5 Å². The van der Waals surface area contributed by atoms with Crippen molar-refractivity contribution in [3.63, 3.8) is 0 Å². The maximum Gasteiger partial charge on any atom is 0.472 e. The minimum Gasteiger partial charge on any atom is -0.462 e. The quantitative estimate of drug-likeness (QED) is 0.0155. The maximum absolute atomic E-state index is 12.6. The van der Waals surface area contributed by atoms with Crippen LogP contribution in [-0.2, 0) is 32.7 Å². The molecule has 0 aliphatic heterocycles. The molecule has 0 amide bonds. The summed E-state index contributed by atoms with van der Waals surface area (Å²) in [5.74, 6) is -1.16. The van der Waals surface area contributed by atoms with E-state index in [-0.39, 0.29) is 12.8 Å². The number of aliphatic hydroxyl groups is 3. The maximum atomic E-state index is 12.6. The Bertz CT molecular complexity index is 1220. The normalized spacial score (nSPS) is 15.3. The number of phosphoric acid groups is 1. The van der Waals surface area contributed by atoms with Crippen molar-refractivity contribution in [3.05, 3.63) is 85.1 Å². The van der Waals surface area contributed by atoms with Crippen LogP contribution < -0.4 is 0 Å². The number of aliphatic hydroxyl groups excluding tert-OH is 3. The molecule has 56 heavy (non-hydrogen) atoms. The molecule has 0 fully saturated rings. The van der Waals surface area contributed by atoms with E-state index in [1.54, 1.807) is 12.2 Å². The average molecular weight is 809 g/mol. The predicted molar refractivity (Wildman–Crippen MR) is 225 cm³/mol. The van der Waals surface area contributed by atoms with Crippen LogP contribution in [0.25, 0.3) is 0 Å². The van der Waals surface area contributed by atoms with Gasteiger partial charge in [0.2, 0.25) is 0 Å². The first kappa shape index (κ1) is 53.1. The Balaban J connectivity index is 4.57. The fourth-order valence-electron chi connectivity index (χ4n) is 4.93. The Morgan fingerprint density at radius 2 is 1.18 bits per heavy atom. The highest BCUT2D eigenvalue weighted by molar-refractivity contribution is 7.47. The summed E-state index contributed by atoms with van der Waals surface area (Å²) < 4.78 is 32.5. The summed E-state index contributed by atoms with van der Waals surface area (Å²) in [5.41, 5.74) is 0.